The second kappa shape index (κ2) is 8.38. The summed E-state index contributed by atoms with van der Waals surface area (Å²) in [6.07, 6.45) is 1.34. The van der Waals surface area contributed by atoms with Crippen LogP contribution in [0.5, 0.6) is 0 Å². The summed E-state index contributed by atoms with van der Waals surface area (Å²) in [6, 6.07) is 19.3. The third-order valence-corrected chi connectivity index (χ3v) is 5.44. The molecule has 0 bridgehead atoms. The fraction of sp³-hybridized carbons (Fsp3) is 0.320. The Labute approximate surface area is 182 Å². The zero-order chi connectivity index (χ0) is 22.0. The molecule has 3 aromatic rings. The quantitative estimate of drug-likeness (QED) is 0.663. The molecule has 31 heavy (non-hydrogen) atoms. The molecule has 6 nitrogen and oxygen atoms in total. The Morgan fingerprint density at radius 3 is 2.52 bits per heavy atom. The number of carbonyl (C=O) groups excluding carboxylic acids is 2. The topological polar surface area (TPSA) is 71.5 Å². The van der Waals surface area contributed by atoms with Crippen LogP contribution in [-0.4, -0.2) is 40.6 Å². The molecule has 1 aliphatic heterocycles. The predicted octanol–water partition coefficient (Wildman–Crippen LogP) is 4.82. The predicted molar refractivity (Wildman–Crippen MR) is 121 cm³/mol. The van der Waals surface area contributed by atoms with Crippen molar-refractivity contribution in [2.45, 2.75) is 32.3 Å². The van der Waals surface area contributed by atoms with Crippen LogP contribution in [0.25, 0.3) is 10.9 Å². The molecule has 4 rings (SSSR count). The highest BCUT2D eigenvalue weighted by molar-refractivity contribution is 6.02. The first kappa shape index (κ1) is 20.8. The lowest BCUT2D eigenvalue weighted by molar-refractivity contribution is -0.119. The first-order valence-corrected chi connectivity index (χ1v) is 10.5. The zero-order valence-corrected chi connectivity index (χ0v) is 18.0. The maximum Gasteiger partial charge on any atom is 0.410 e. The fourth-order valence-corrected chi connectivity index (χ4v) is 4.02. The van der Waals surface area contributed by atoms with Gasteiger partial charge in [-0.3, -0.25) is 9.78 Å². The van der Waals surface area contributed by atoms with Crippen LogP contribution in [0.1, 0.15) is 32.3 Å². The molecule has 1 N–H and O–H groups in total. The van der Waals surface area contributed by atoms with Crippen LogP contribution < -0.4 is 5.32 Å². The molecule has 1 aromatic heterocycles. The van der Waals surface area contributed by atoms with E-state index in [-0.39, 0.29) is 17.7 Å². The summed E-state index contributed by atoms with van der Waals surface area (Å²) in [7, 11) is 0. The Morgan fingerprint density at radius 2 is 1.77 bits per heavy atom. The number of pyridine rings is 1. The first-order chi connectivity index (χ1) is 14.8. The number of rotatable bonds is 3. The average molecular weight is 418 g/mol. The van der Waals surface area contributed by atoms with Crippen LogP contribution in [0.2, 0.25) is 0 Å². The molecule has 0 aliphatic carbocycles. The molecule has 1 fully saturated rings. The number of aromatic nitrogens is 1. The van der Waals surface area contributed by atoms with Crippen molar-refractivity contribution in [2.75, 3.05) is 18.4 Å². The first-order valence-electron chi connectivity index (χ1n) is 10.5. The Balaban J connectivity index is 1.60. The Morgan fingerprint density at radius 1 is 1.00 bits per heavy atom. The molecule has 1 saturated heterocycles. The lowest BCUT2D eigenvalue weighted by Crippen LogP contribution is -2.36. The number of amides is 2. The normalized spacial score (nSPS) is 18.7. The van der Waals surface area contributed by atoms with Gasteiger partial charge in [0.25, 0.3) is 0 Å². The molecule has 0 saturated carbocycles. The second-order valence-electron chi connectivity index (χ2n) is 8.87. The summed E-state index contributed by atoms with van der Waals surface area (Å²) in [4.78, 5) is 32.1. The lowest BCUT2D eigenvalue weighted by Gasteiger charge is -2.24. The Hall–Kier alpha value is -3.41. The van der Waals surface area contributed by atoms with Gasteiger partial charge in [0.1, 0.15) is 5.60 Å². The maximum atomic E-state index is 13.4. The molecule has 1 aliphatic rings. The highest BCUT2D eigenvalue weighted by atomic mass is 16.6. The van der Waals surface area contributed by atoms with E-state index >= 15 is 0 Å². The molecule has 0 radical (unpaired) electrons. The van der Waals surface area contributed by atoms with Crippen molar-refractivity contribution in [1.82, 2.24) is 9.88 Å². The van der Waals surface area contributed by atoms with Crippen molar-refractivity contribution in [3.05, 3.63) is 72.4 Å². The number of fused-ring (bicyclic) bond motifs is 1. The number of nitrogens with one attached hydrogen (secondary N) is 1. The minimum Gasteiger partial charge on any atom is -0.444 e. The summed E-state index contributed by atoms with van der Waals surface area (Å²) in [6.45, 7) is 6.27. The van der Waals surface area contributed by atoms with E-state index < -0.39 is 11.7 Å². The summed E-state index contributed by atoms with van der Waals surface area (Å²) in [5.74, 6) is -0.611. The van der Waals surface area contributed by atoms with E-state index in [9.17, 15) is 9.59 Å². The van der Waals surface area contributed by atoms with Gasteiger partial charge in [-0.25, -0.2) is 4.79 Å². The van der Waals surface area contributed by atoms with E-state index in [4.69, 9.17) is 4.74 Å². The molecule has 6 heteroatoms. The van der Waals surface area contributed by atoms with E-state index in [1.54, 1.807) is 11.1 Å². The van der Waals surface area contributed by atoms with Gasteiger partial charge in [0.05, 0.1) is 17.1 Å². The number of anilines is 1. The van der Waals surface area contributed by atoms with Crippen LogP contribution in [-0.2, 0) is 9.53 Å². The largest absolute Gasteiger partial charge is 0.444 e. The van der Waals surface area contributed by atoms with E-state index in [2.05, 4.69) is 10.3 Å². The van der Waals surface area contributed by atoms with E-state index in [0.29, 0.717) is 13.1 Å². The number of hydrogen-bond acceptors (Lipinski definition) is 4. The smallest absolute Gasteiger partial charge is 0.410 e. The molecule has 2 aromatic carbocycles. The number of ether oxygens (including phenoxy) is 1. The number of benzene rings is 2. The third kappa shape index (κ3) is 4.68. The van der Waals surface area contributed by atoms with Gasteiger partial charge in [-0.05, 0) is 50.6 Å². The highest BCUT2D eigenvalue weighted by Crippen LogP contribution is 2.35. The molecule has 2 atom stereocenters. The van der Waals surface area contributed by atoms with E-state index in [1.807, 2.05) is 81.4 Å². The maximum absolute atomic E-state index is 13.4. The van der Waals surface area contributed by atoms with Crippen molar-refractivity contribution < 1.29 is 14.3 Å². The standard InChI is InChI=1S/C25H27N3O3/c1-25(2,3)31-24(30)28-15-19(17-9-5-4-6-10-17)20(16-28)23(29)27-22-13-7-12-21-18(22)11-8-14-26-21/h4-14,19-20H,15-16H2,1-3H3,(H,27,29)/t19-,20+/m0/s1. The summed E-state index contributed by atoms with van der Waals surface area (Å²) < 4.78 is 5.56. The monoisotopic (exact) mass is 417 g/mol. The van der Waals surface area contributed by atoms with Crippen LogP contribution in [0.3, 0.4) is 0 Å². The van der Waals surface area contributed by atoms with Gasteiger partial charge >= 0.3 is 6.09 Å². The molecular formula is C25H27N3O3. The Kier molecular flexibility index (Phi) is 5.63. The zero-order valence-electron chi connectivity index (χ0n) is 18.0. The molecule has 0 unspecified atom stereocenters. The van der Waals surface area contributed by atoms with Gasteiger partial charge in [-0.2, -0.15) is 0 Å². The van der Waals surface area contributed by atoms with Gasteiger partial charge in [0.15, 0.2) is 0 Å². The molecule has 0 spiro atoms. The van der Waals surface area contributed by atoms with Gasteiger partial charge in [-0.1, -0.05) is 36.4 Å². The molecule has 2 heterocycles. The van der Waals surface area contributed by atoms with Crippen molar-refractivity contribution >= 4 is 28.6 Å². The van der Waals surface area contributed by atoms with Crippen molar-refractivity contribution in [2.24, 2.45) is 5.92 Å². The molecular weight excluding hydrogens is 390 g/mol. The van der Waals surface area contributed by atoms with Crippen LogP contribution in [0.4, 0.5) is 10.5 Å². The van der Waals surface area contributed by atoms with Crippen molar-refractivity contribution in [3.63, 3.8) is 0 Å². The van der Waals surface area contributed by atoms with Crippen molar-refractivity contribution in [3.8, 4) is 0 Å². The number of carbonyl (C=O) groups is 2. The summed E-state index contributed by atoms with van der Waals surface area (Å²) >= 11 is 0. The van der Waals surface area contributed by atoms with Crippen LogP contribution in [0.15, 0.2) is 66.9 Å². The number of nitrogens with zero attached hydrogens (tertiary/aromatic N) is 2. The average Bonchev–Trinajstić information content (AvgIpc) is 3.19. The lowest BCUT2D eigenvalue weighted by atomic mass is 9.88. The van der Waals surface area contributed by atoms with E-state index in [0.717, 1.165) is 22.2 Å². The van der Waals surface area contributed by atoms with Crippen LogP contribution in [0, 0.1) is 5.92 Å². The van der Waals surface area contributed by atoms with Gasteiger partial charge in [-0.15, -0.1) is 0 Å². The highest BCUT2D eigenvalue weighted by Gasteiger charge is 2.41. The van der Waals surface area contributed by atoms with E-state index in [1.165, 1.54) is 0 Å². The summed E-state index contributed by atoms with van der Waals surface area (Å²) in [5.41, 5.74) is 1.99. The van der Waals surface area contributed by atoms with Gasteiger partial charge < -0.3 is 15.0 Å². The number of hydrogen-bond donors (Lipinski definition) is 1. The van der Waals surface area contributed by atoms with Gasteiger partial charge in [0.2, 0.25) is 5.91 Å². The van der Waals surface area contributed by atoms with Gasteiger partial charge in [0, 0.05) is 30.6 Å². The SMILES string of the molecule is CC(C)(C)OC(=O)N1C[C@@H](C(=O)Nc2cccc3ncccc23)[C@H](c2ccccc2)C1. The van der Waals surface area contributed by atoms with Crippen LogP contribution >= 0.6 is 0 Å². The molecule has 2 amide bonds. The second-order valence-corrected chi connectivity index (χ2v) is 8.87. The third-order valence-electron chi connectivity index (χ3n) is 5.44. The minimum absolute atomic E-state index is 0.109. The molecule has 160 valence electrons. The number of likely N-dealkylation sites (tertiary alicyclic amines) is 1. The minimum atomic E-state index is -0.588. The van der Waals surface area contributed by atoms with Crippen molar-refractivity contribution in [1.29, 1.82) is 0 Å². The Bertz CT molecular complexity index is 1090. The fourth-order valence-electron chi connectivity index (χ4n) is 4.02. The summed E-state index contributed by atoms with van der Waals surface area (Å²) in [5, 5.41) is 3.96.